The smallest absolute Gasteiger partial charge is 0.293 e. The Kier molecular flexibility index (Phi) is 2.44. The topological polar surface area (TPSA) is 46.6 Å². The lowest BCUT2D eigenvalue weighted by Crippen LogP contribution is -2.56. The van der Waals surface area contributed by atoms with Gasteiger partial charge in [-0.25, -0.2) is 0 Å². The summed E-state index contributed by atoms with van der Waals surface area (Å²) in [6.07, 6.45) is 3.06. The van der Waals surface area contributed by atoms with Crippen LogP contribution in [-0.2, 0) is 14.3 Å². The van der Waals surface area contributed by atoms with Gasteiger partial charge in [-0.05, 0) is 20.3 Å². The molecule has 15 heavy (non-hydrogen) atoms. The zero-order valence-corrected chi connectivity index (χ0v) is 9.23. The molecule has 2 atom stereocenters. The van der Waals surface area contributed by atoms with Gasteiger partial charge in [0.1, 0.15) is 6.10 Å². The second-order valence-corrected chi connectivity index (χ2v) is 5.06. The van der Waals surface area contributed by atoms with Crippen molar-refractivity contribution in [1.82, 2.24) is 4.90 Å². The van der Waals surface area contributed by atoms with Crippen LogP contribution in [0.25, 0.3) is 0 Å². The van der Waals surface area contributed by atoms with Gasteiger partial charge in [-0.2, -0.15) is 0 Å². The molecule has 0 spiro atoms. The van der Waals surface area contributed by atoms with E-state index in [1.54, 1.807) is 0 Å². The van der Waals surface area contributed by atoms with Crippen molar-refractivity contribution in [3.05, 3.63) is 0 Å². The van der Waals surface area contributed by atoms with Gasteiger partial charge in [0.05, 0.1) is 0 Å². The Morgan fingerprint density at radius 3 is 2.93 bits per heavy atom. The molecule has 0 saturated carbocycles. The third kappa shape index (κ3) is 1.73. The quantitative estimate of drug-likeness (QED) is 0.642. The molecular formula is C11H17NO3. The number of carbonyl (C=O) groups is 2. The Bertz CT molecular complexity index is 288. The van der Waals surface area contributed by atoms with Crippen molar-refractivity contribution in [2.24, 2.45) is 0 Å². The SMILES string of the molecule is CC1(C)CC(OC=O)CC2CCC(=O)N21. The molecule has 2 fully saturated rings. The van der Waals surface area contributed by atoms with E-state index in [4.69, 9.17) is 4.74 Å². The maximum atomic E-state index is 11.7. The highest BCUT2D eigenvalue weighted by atomic mass is 16.5. The van der Waals surface area contributed by atoms with Gasteiger partial charge in [0.25, 0.3) is 6.47 Å². The van der Waals surface area contributed by atoms with E-state index < -0.39 is 0 Å². The lowest BCUT2D eigenvalue weighted by atomic mass is 9.85. The van der Waals surface area contributed by atoms with E-state index in [1.807, 2.05) is 18.7 Å². The number of ether oxygens (including phenoxy) is 1. The van der Waals surface area contributed by atoms with Gasteiger partial charge < -0.3 is 9.64 Å². The molecule has 4 heteroatoms. The molecule has 2 rings (SSSR count). The minimum absolute atomic E-state index is 0.0235. The summed E-state index contributed by atoms with van der Waals surface area (Å²) < 4.78 is 5.04. The Morgan fingerprint density at radius 1 is 1.53 bits per heavy atom. The van der Waals surface area contributed by atoms with Crippen LogP contribution in [0.2, 0.25) is 0 Å². The Morgan fingerprint density at radius 2 is 2.27 bits per heavy atom. The number of fused-ring (bicyclic) bond motifs is 1. The summed E-state index contributed by atoms with van der Waals surface area (Å²) in [5.41, 5.74) is -0.176. The van der Waals surface area contributed by atoms with E-state index >= 15 is 0 Å². The monoisotopic (exact) mass is 211 g/mol. The van der Waals surface area contributed by atoms with E-state index in [0.29, 0.717) is 12.9 Å². The van der Waals surface area contributed by atoms with Crippen molar-refractivity contribution in [1.29, 1.82) is 0 Å². The highest BCUT2D eigenvalue weighted by Crippen LogP contribution is 2.39. The number of amides is 1. The van der Waals surface area contributed by atoms with Crippen LogP contribution in [0.3, 0.4) is 0 Å². The average molecular weight is 211 g/mol. The van der Waals surface area contributed by atoms with Gasteiger partial charge in [0.15, 0.2) is 0 Å². The van der Waals surface area contributed by atoms with E-state index in [1.165, 1.54) is 0 Å². The predicted molar refractivity (Wildman–Crippen MR) is 54.1 cm³/mol. The first-order valence-electron chi connectivity index (χ1n) is 5.46. The Balaban J connectivity index is 2.16. The van der Waals surface area contributed by atoms with Crippen molar-refractivity contribution in [3.8, 4) is 0 Å². The molecule has 0 N–H and O–H groups in total. The fourth-order valence-corrected chi connectivity index (χ4v) is 3.02. The lowest BCUT2D eigenvalue weighted by Gasteiger charge is -2.46. The van der Waals surface area contributed by atoms with Gasteiger partial charge in [-0.3, -0.25) is 9.59 Å². The van der Waals surface area contributed by atoms with E-state index in [9.17, 15) is 9.59 Å². The Labute approximate surface area is 89.6 Å². The summed E-state index contributed by atoms with van der Waals surface area (Å²) in [4.78, 5) is 24.0. The molecule has 1 amide bonds. The van der Waals surface area contributed by atoms with Crippen LogP contribution in [-0.4, -0.2) is 35.0 Å². The highest BCUT2D eigenvalue weighted by molar-refractivity contribution is 5.79. The number of hydrogen-bond acceptors (Lipinski definition) is 3. The molecule has 2 saturated heterocycles. The molecule has 2 aliphatic heterocycles. The molecule has 0 aromatic heterocycles. The van der Waals surface area contributed by atoms with Crippen molar-refractivity contribution >= 4 is 12.4 Å². The summed E-state index contributed by atoms with van der Waals surface area (Å²) in [7, 11) is 0. The first-order valence-corrected chi connectivity index (χ1v) is 5.46. The largest absolute Gasteiger partial charge is 0.464 e. The fourth-order valence-electron chi connectivity index (χ4n) is 3.02. The molecule has 0 radical (unpaired) electrons. The lowest BCUT2D eigenvalue weighted by molar-refractivity contribution is -0.146. The maximum Gasteiger partial charge on any atom is 0.293 e. The van der Waals surface area contributed by atoms with Crippen LogP contribution >= 0.6 is 0 Å². The Hall–Kier alpha value is -1.06. The number of nitrogens with zero attached hydrogens (tertiary/aromatic N) is 1. The fraction of sp³-hybridized carbons (Fsp3) is 0.818. The molecule has 2 aliphatic rings. The minimum Gasteiger partial charge on any atom is -0.464 e. The van der Waals surface area contributed by atoms with Gasteiger partial charge in [0, 0.05) is 30.8 Å². The second-order valence-electron chi connectivity index (χ2n) is 5.06. The van der Waals surface area contributed by atoms with E-state index in [-0.39, 0.29) is 23.6 Å². The summed E-state index contributed by atoms with van der Waals surface area (Å²) in [5.74, 6) is 0.245. The molecule has 2 unspecified atom stereocenters. The second kappa shape index (κ2) is 3.51. The summed E-state index contributed by atoms with van der Waals surface area (Å²) in [5, 5.41) is 0. The molecule has 84 valence electrons. The number of carbonyl (C=O) groups excluding carboxylic acids is 2. The van der Waals surface area contributed by atoms with Gasteiger partial charge in [0.2, 0.25) is 5.91 Å². The molecular weight excluding hydrogens is 194 g/mol. The molecule has 0 aromatic carbocycles. The van der Waals surface area contributed by atoms with Gasteiger partial charge in [-0.15, -0.1) is 0 Å². The zero-order chi connectivity index (χ0) is 11.1. The van der Waals surface area contributed by atoms with Gasteiger partial charge >= 0.3 is 0 Å². The van der Waals surface area contributed by atoms with Crippen molar-refractivity contribution in [2.75, 3.05) is 0 Å². The predicted octanol–water partition coefficient (Wildman–Crippen LogP) is 1.09. The molecule has 0 bridgehead atoms. The summed E-state index contributed by atoms with van der Waals surface area (Å²) >= 11 is 0. The van der Waals surface area contributed by atoms with Crippen LogP contribution in [0.15, 0.2) is 0 Å². The summed E-state index contributed by atoms with van der Waals surface area (Å²) in [6, 6.07) is 0.270. The van der Waals surface area contributed by atoms with Crippen molar-refractivity contribution < 1.29 is 14.3 Å². The zero-order valence-electron chi connectivity index (χ0n) is 9.23. The standard InChI is InChI=1S/C11H17NO3/c1-11(2)6-9(15-7-13)5-8-3-4-10(14)12(8)11/h7-9H,3-6H2,1-2H3. The molecule has 0 aliphatic carbocycles. The van der Waals surface area contributed by atoms with E-state index in [2.05, 4.69) is 0 Å². The van der Waals surface area contributed by atoms with Crippen molar-refractivity contribution in [2.45, 2.75) is 57.2 Å². The molecule has 2 heterocycles. The molecule has 0 aromatic rings. The number of piperidine rings is 1. The van der Waals surface area contributed by atoms with Crippen LogP contribution in [0.4, 0.5) is 0 Å². The third-order valence-electron chi connectivity index (χ3n) is 3.49. The average Bonchev–Trinajstić information content (AvgIpc) is 2.47. The van der Waals surface area contributed by atoms with Crippen LogP contribution < -0.4 is 0 Å². The number of hydrogen-bond donors (Lipinski definition) is 0. The maximum absolute atomic E-state index is 11.7. The molecule has 4 nitrogen and oxygen atoms in total. The normalized spacial score (nSPS) is 33.7. The number of rotatable bonds is 2. The third-order valence-corrected chi connectivity index (χ3v) is 3.49. The van der Waals surface area contributed by atoms with Gasteiger partial charge in [-0.1, -0.05) is 0 Å². The highest BCUT2D eigenvalue weighted by Gasteiger charge is 2.47. The van der Waals surface area contributed by atoms with E-state index in [0.717, 1.165) is 19.3 Å². The minimum atomic E-state index is -0.176. The summed E-state index contributed by atoms with van der Waals surface area (Å²) in [6.45, 7) is 4.61. The van der Waals surface area contributed by atoms with Crippen LogP contribution in [0.5, 0.6) is 0 Å². The van der Waals surface area contributed by atoms with Crippen LogP contribution in [0, 0.1) is 0 Å². The first kappa shape index (κ1) is 10.5. The first-order chi connectivity index (χ1) is 7.04. The van der Waals surface area contributed by atoms with Crippen molar-refractivity contribution in [3.63, 3.8) is 0 Å². The van der Waals surface area contributed by atoms with Crippen LogP contribution in [0.1, 0.15) is 39.5 Å².